The minimum absolute atomic E-state index is 0.169. The first-order valence-electron chi connectivity index (χ1n) is 4.57. The lowest BCUT2D eigenvalue weighted by Gasteiger charge is -2.47. The second-order valence-corrected chi connectivity index (χ2v) is 4.82. The average Bonchev–Trinajstić information content (AvgIpc) is 1.99. The van der Waals surface area contributed by atoms with Crippen LogP contribution in [0, 0.1) is 11.3 Å². The zero-order valence-corrected chi connectivity index (χ0v) is 9.91. The van der Waals surface area contributed by atoms with Gasteiger partial charge in [0.2, 0.25) is 0 Å². The molecule has 0 heterocycles. The number of halogens is 1. The number of aliphatic hydroxyl groups excluding tert-OH is 1. The molecule has 0 radical (unpaired) electrons. The van der Waals surface area contributed by atoms with E-state index in [9.17, 15) is 5.11 Å². The number of rotatable bonds is 3. The molecule has 2 heteroatoms. The van der Waals surface area contributed by atoms with E-state index in [0.29, 0.717) is 0 Å². The summed E-state index contributed by atoms with van der Waals surface area (Å²) < 4.78 is 1.91. The molecule has 1 aliphatic rings. The monoisotopic (exact) mass is 280 g/mol. The Morgan fingerprint density at radius 1 is 1.67 bits per heavy atom. The maximum Gasteiger partial charge on any atom is 0.0782 e. The summed E-state index contributed by atoms with van der Waals surface area (Å²) in [4.78, 5) is 0. The second kappa shape index (κ2) is 4.09. The van der Waals surface area contributed by atoms with Crippen molar-refractivity contribution in [1.82, 2.24) is 0 Å². The summed E-state index contributed by atoms with van der Waals surface area (Å²) in [5, 5.41) is 9.75. The lowest BCUT2D eigenvalue weighted by molar-refractivity contribution is -0.0314. The summed E-state index contributed by atoms with van der Waals surface area (Å²) in [6.07, 6.45) is 5.29. The van der Waals surface area contributed by atoms with Gasteiger partial charge in [0.25, 0.3) is 0 Å². The van der Waals surface area contributed by atoms with Gasteiger partial charge in [-0.3, -0.25) is 0 Å². The molecule has 1 atom stereocenters. The van der Waals surface area contributed by atoms with Crippen molar-refractivity contribution in [2.24, 2.45) is 11.3 Å². The Morgan fingerprint density at radius 3 is 2.67 bits per heavy atom. The number of aliphatic hydroxyl groups is 1. The zero-order chi connectivity index (χ0) is 9.19. The first-order chi connectivity index (χ1) is 5.62. The van der Waals surface area contributed by atoms with Gasteiger partial charge >= 0.3 is 0 Å². The van der Waals surface area contributed by atoms with Crippen LogP contribution in [0.5, 0.6) is 0 Å². The molecule has 1 rings (SSSR count). The molecule has 12 heavy (non-hydrogen) atoms. The van der Waals surface area contributed by atoms with Crippen molar-refractivity contribution in [3.05, 3.63) is 10.2 Å². The highest BCUT2D eigenvalue weighted by Crippen LogP contribution is 2.49. The Morgan fingerprint density at radius 2 is 2.25 bits per heavy atom. The molecule has 1 N–H and O–H groups in total. The SMILES string of the molecule is CCC1CC(C)(C(O)/C=C\I)C1. The fourth-order valence-electron chi connectivity index (χ4n) is 2.09. The van der Waals surface area contributed by atoms with E-state index in [1.165, 1.54) is 19.3 Å². The molecule has 0 saturated heterocycles. The summed E-state index contributed by atoms with van der Waals surface area (Å²) in [7, 11) is 0. The number of hydrogen-bond acceptors (Lipinski definition) is 1. The molecule has 0 bridgehead atoms. The fraction of sp³-hybridized carbons (Fsp3) is 0.800. The Kier molecular flexibility index (Phi) is 3.58. The van der Waals surface area contributed by atoms with E-state index in [1.807, 2.05) is 10.2 Å². The molecule has 1 unspecified atom stereocenters. The second-order valence-electron chi connectivity index (χ2n) is 4.10. The van der Waals surface area contributed by atoms with Gasteiger partial charge < -0.3 is 5.11 Å². The van der Waals surface area contributed by atoms with Crippen LogP contribution >= 0.6 is 22.6 Å². The largest absolute Gasteiger partial charge is 0.388 e. The van der Waals surface area contributed by atoms with Crippen molar-refractivity contribution >= 4 is 22.6 Å². The number of hydrogen-bond donors (Lipinski definition) is 1. The molecule has 0 aromatic carbocycles. The van der Waals surface area contributed by atoms with Gasteiger partial charge in [0.15, 0.2) is 0 Å². The Hall–Kier alpha value is 0.430. The van der Waals surface area contributed by atoms with E-state index in [0.717, 1.165) is 5.92 Å². The van der Waals surface area contributed by atoms with Crippen LogP contribution in [0.1, 0.15) is 33.1 Å². The molecule has 0 aromatic heterocycles. The minimum atomic E-state index is -0.239. The van der Waals surface area contributed by atoms with Gasteiger partial charge in [-0.1, -0.05) is 42.9 Å². The standard InChI is InChI=1S/C10H17IO/c1-3-8-6-10(2,7-8)9(12)4-5-11/h4-5,8-9,12H,3,6-7H2,1-2H3/b5-4-. The van der Waals surface area contributed by atoms with Gasteiger partial charge in [-0.2, -0.15) is 0 Å². The van der Waals surface area contributed by atoms with Gasteiger partial charge in [0.1, 0.15) is 0 Å². The highest BCUT2D eigenvalue weighted by molar-refractivity contribution is 14.1. The van der Waals surface area contributed by atoms with Gasteiger partial charge in [-0.05, 0) is 34.3 Å². The van der Waals surface area contributed by atoms with Crippen LogP contribution in [-0.2, 0) is 0 Å². The Balaban J connectivity index is 2.43. The molecular weight excluding hydrogens is 263 g/mol. The first kappa shape index (κ1) is 10.5. The molecule has 1 nitrogen and oxygen atoms in total. The summed E-state index contributed by atoms with van der Waals surface area (Å²) in [5.41, 5.74) is 0.169. The minimum Gasteiger partial charge on any atom is -0.388 e. The third-order valence-corrected chi connectivity index (χ3v) is 3.47. The molecule has 0 aromatic rings. The van der Waals surface area contributed by atoms with Crippen LogP contribution in [0.15, 0.2) is 10.2 Å². The predicted molar refractivity (Wildman–Crippen MR) is 60.3 cm³/mol. The molecule has 70 valence electrons. The van der Waals surface area contributed by atoms with Crippen LogP contribution in [0.25, 0.3) is 0 Å². The summed E-state index contributed by atoms with van der Waals surface area (Å²) >= 11 is 2.16. The smallest absolute Gasteiger partial charge is 0.0782 e. The highest BCUT2D eigenvalue weighted by Gasteiger charge is 2.43. The lowest BCUT2D eigenvalue weighted by atomic mass is 9.59. The molecule has 0 amide bonds. The summed E-state index contributed by atoms with van der Waals surface area (Å²) in [6.45, 7) is 4.41. The normalized spacial score (nSPS) is 38.2. The van der Waals surface area contributed by atoms with Crippen LogP contribution in [0.2, 0.25) is 0 Å². The van der Waals surface area contributed by atoms with Gasteiger partial charge in [-0.25, -0.2) is 0 Å². The third-order valence-electron chi connectivity index (χ3n) is 3.06. The van der Waals surface area contributed by atoms with Crippen molar-refractivity contribution in [1.29, 1.82) is 0 Å². The molecule has 1 fully saturated rings. The van der Waals surface area contributed by atoms with Crippen LogP contribution in [-0.4, -0.2) is 11.2 Å². The Labute approximate surface area is 88.4 Å². The topological polar surface area (TPSA) is 20.2 Å². The molecule has 1 aliphatic carbocycles. The summed E-state index contributed by atoms with van der Waals surface area (Å²) in [5.74, 6) is 0.854. The molecular formula is C10H17IO. The molecule has 1 saturated carbocycles. The summed E-state index contributed by atoms with van der Waals surface area (Å²) in [6, 6.07) is 0. The van der Waals surface area contributed by atoms with Gasteiger partial charge in [-0.15, -0.1) is 0 Å². The van der Waals surface area contributed by atoms with E-state index in [2.05, 4.69) is 36.4 Å². The van der Waals surface area contributed by atoms with E-state index < -0.39 is 0 Å². The Bertz CT molecular complexity index is 171. The predicted octanol–water partition coefficient (Wildman–Crippen LogP) is 3.12. The van der Waals surface area contributed by atoms with E-state index in [1.54, 1.807) is 0 Å². The van der Waals surface area contributed by atoms with Crippen molar-refractivity contribution in [2.45, 2.75) is 39.2 Å². The average molecular weight is 280 g/mol. The maximum absolute atomic E-state index is 9.75. The van der Waals surface area contributed by atoms with Crippen molar-refractivity contribution in [3.8, 4) is 0 Å². The van der Waals surface area contributed by atoms with Crippen molar-refractivity contribution in [2.75, 3.05) is 0 Å². The quantitative estimate of drug-likeness (QED) is 0.787. The van der Waals surface area contributed by atoms with E-state index >= 15 is 0 Å². The van der Waals surface area contributed by atoms with Crippen LogP contribution < -0.4 is 0 Å². The van der Waals surface area contributed by atoms with Crippen molar-refractivity contribution in [3.63, 3.8) is 0 Å². The maximum atomic E-state index is 9.75. The first-order valence-corrected chi connectivity index (χ1v) is 5.82. The lowest BCUT2D eigenvalue weighted by Crippen LogP contribution is -2.43. The fourth-order valence-corrected chi connectivity index (χ4v) is 2.48. The molecule has 0 spiro atoms. The van der Waals surface area contributed by atoms with Crippen LogP contribution in [0.3, 0.4) is 0 Å². The molecule has 0 aliphatic heterocycles. The third kappa shape index (κ3) is 2.02. The van der Waals surface area contributed by atoms with E-state index in [-0.39, 0.29) is 11.5 Å². The van der Waals surface area contributed by atoms with Gasteiger partial charge in [0.05, 0.1) is 6.10 Å². The van der Waals surface area contributed by atoms with Crippen molar-refractivity contribution < 1.29 is 5.11 Å². The van der Waals surface area contributed by atoms with Crippen LogP contribution in [0.4, 0.5) is 0 Å². The van der Waals surface area contributed by atoms with E-state index in [4.69, 9.17) is 0 Å². The zero-order valence-electron chi connectivity index (χ0n) is 7.76. The highest BCUT2D eigenvalue weighted by atomic mass is 127. The van der Waals surface area contributed by atoms with Gasteiger partial charge in [0, 0.05) is 0 Å².